The molecule has 0 rings (SSSR count). The number of carbonyl (C=O) groups excluding carboxylic acids is 1. The van der Waals surface area contributed by atoms with E-state index >= 15 is 0 Å². The van der Waals surface area contributed by atoms with Gasteiger partial charge in [0.25, 0.3) is 0 Å². The van der Waals surface area contributed by atoms with E-state index in [1.54, 1.807) is 0 Å². The second kappa shape index (κ2) is 6.09. The number of hydrogen-bond donors (Lipinski definition) is 2. The molecule has 0 bridgehead atoms. The maximum Gasteiger partial charge on any atom is 0.407 e. The van der Waals surface area contributed by atoms with Crippen LogP contribution in [0.25, 0.3) is 0 Å². The van der Waals surface area contributed by atoms with E-state index in [-0.39, 0.29) is 11.6 Å². The second-order valence-corrected chi connectivity index (χ2v) is 5.25. The van der Waals surface area contributed by atoms with Gasteiger partial charge < -0.3 is 15.8 Å². The van der Waals surface area contributed by atoms with E-state index in [2.05, 4.69) is 19.2 Å². The highest BCUT2D eigenvalue weighted by molar-refractivity contribution is 5.67. The van der Waals surface area contributed by atoms with Gasteiger partial charge in [0.1, 0.15) is 5.60 Å². The van der Waals surface area contributed by atoms with E-state index in [0.717, 1.165) is 19.3 Å². The summed E-state index contributed by atoms with van der Waals surface area (Å²) in [6.45, 7) is 10.2. The molecule has 4 nitrogen and oxygen atoms in total. The molecule has 0 unspecified atom stereocenters. The van der Waals surface area contributed by atoms with Crippen LogP contribution in [0.2, 0.25) is 0 Å². The summed E-state index contributed by atoms with van der Waals surface area (Å²) in [7, 11) is 0. The molecule has 0 aliphatic heterocycles. The van der Waals surface area contributed by atoms with Gasteiger partial charge in [-0.15, -0.1) is 0 Å². The first-order chi connectivity index (χ1) is 7.22. The third kappa shape index (κ3) is 6.67. The summed E-state index contributed by atoms with van der Waals surface area (Å²) in [5.74, 6) is 0. The Morgan fingerprint density at radius 1 is 1.25 bits per heavy atom. The lowest BCUT2D eigenvalue weighted by molar-refractivity contribution is 0.0524. The van der Waals surface area contributed by atoms with Gasteiger partial charge in [-0.25, -0.2) is 4.79 Å². The van der Waals surface area contributed by atoms with Crippen LogP contribution in [-0.2, 0) is 4.74 Å². The fourth-order valence-corrected chi connectivity index (χ4v) is 1.33. The average Bonchev–Trinajstić information content (AvgIpc) is 2.14. The first-order valence-corrected chi connectivity index (χ1v) is 5.98. The second-order valence-electron chi connectivity index (χ2n) is 5.25. The molecule has 0 aromatic rings. The summed E-state index contributed by atoms with van der Waals surface area (Å²) < 4.78 is 5.13. The number of ether oxygens (including phenoxy) is 1. The van der Waals surface area contributed by atoms with E-state index in [1.165, 1.54) is 0 Å². The Balaban J connectivity index is 3.86. The number of nitrogens with one attached hydrogen (secondary N) is 1. The standard InChI is InChI=1S/C12H26N2O2/c1-6-12(13,7-2)8-9-14-10(15)16-11(3,4)5/h6-9,13H2,1-5H3,(H,14,15). The van der Waals surface area contributed by atoms with Crippen molar-refractivity contribution in [1.82, 2.24) is 5.32 Å². The van der Waals surface area contributed by atoms with Gasteiger partial charge in [0.05, 0.1) is 0 Å². The number of nitrogens with two attached hydrogens (primary N) is 1. The first-order valence-electron chi connectivity index (χ1n) is 5.98. The van der Waals surface area contributed by atoms with Gasteiger partial charge in [-0.2, -0.15) is 0 Å². The van der Waals surface area contributed by atoms with Crippen LogP contribution < -0.4 is 11.1 Å². The molecule has 0 aromatic carbocycles. The van der Waals surface area contributed by atoms with Crippen LogP contribution in [0.5, 0.6) is 0 Å². The summed E-state index contributed by atoms with van der Waals surface area (Å²) in [5.41, 5.74) is 5.50. The normalized spacial score (nSPS) is 12.4. The number of carbonyl (C=O) groups is 1. The minimum Gasteiger partial charge on any atom is -0.444 e. The molecular weight excluding hydrogens is 204 g/mol. The predicted octanol–water partition coefficient (Wildman–Crippen LogP) is 2.42. The quantitative estimate of drug-likeness (QED) is 0.762. The average molecular weight is 230 g/mol. The Hall–Kier alpha value is -0.770. The Kier molecular flexibility index (Phi) is 5.79. The molecule has 1 amide bonds. The largest absolute Gasteiger partial charge is 0.444 e. The van der Waals surface area contributed by atoms with Gasteiger partial charge in [-0.05, 0) is 40.0 Å². The topological polar surface area (TPSA) is 64.3 Å². The van der Waals surface area contributed by atoms with Crippen molar-refractivity contribution >= 4 is 6.09 Å². The summed E-state index contributed by atoms with van der Waals surface area (Å²) >= 11 is 0. The van der Waals surface area contributed by atoms with Gasteiger partial charge in [0, 0.05) is 12.1 Å². The Bertz CT molecular complexity index is 218. The molecule has 0 radical (unpaired) electrons. The van der Waals surface area contributed by atoms with E-state index in [9.17, 15) is 4.79 Å². The van der Waals surface area contributed by atoms with Crippen molar-refractivity contribution in [3.05, 3.63) is 0 Å². The lowest BCUT2D eigenvalue weighted by Crippen LogP contribution is -2.42. The van der Waals surface area contributed by atoms with E-state index in [1.807, 2.05) is 20.8 Å². The number of amides is 1. The van der Waals surface area contributed by atoms with Crippen LogP contribution in [0, 0.1) is 0 Å². The molecule has 3 N–H and O–H groups in total. The van der Waals surface area contributed by atoms with Crippen molar-refractivity contribution in [2.24, 2.45) is 5.73 Å². The minimum atomic E-state index is -0.445. The maximum atomic E-state index is 11.3. The van der Waals surface area contributed by atoms with E-state index in [0.29, 0.717) is 6.54 Å². The number of rotatable bonds is 5. The Labute approximate surface area is 98.9 Å². The zero-order valence-corrected chi connectivity index (χ0v) is 11.2. The molecule has 16 heavy (non-hydrogen) atoms. The number of hydrogen-bond acceptors (Lipinski definition) is 3. The van der Waals surface area contributed by atoms with Crippen molar-refractivity contribution < 1.29 is 9.53 Å². The van der Waals surface area contributed by atoms with Gasteiger partial charge in [0.15, 0.2) is 0 Å². The summed E-state index contributed by atoms with van der Waals surface area (Å²) in [6.07, 6.45) is 2.24. The molecule has 96 valence electrons. The molecule has 0 spiro atoms. The molecule has 0 aliphatic carbocycles. The zero-order valence-electron chi connectivity index (χ0n) is 11.2. The number of alkyl carbamates (subject to hydrolysis) is 1. The lowest BCUT2D eigenvalue weighted by Gasteiger charge is -2.27. The van der Waals surface area contributed by atoms with E-state index in [4.69, 9.17) is 10.5 Å². The molecule has 0 heterocycles. The lowest BCUT2D eigenvalue weighted by atomic mass is 9.90. The van der Waals surface area contributed by atoms with Gasteiger partial charge >= 0.3 is 6.09 Å². The fourth-order valence-electron chi connectivity index (χ4n) is 1.33. The summed E-state index contributed by atoms with van der Waals surface area (Å²) in [4.78, 5) is 11.3. The maximum absolute atomic E-state index is 11.3. The molecule has 0 aliphatic rings. The third-order valence-electron chi connectivity index (χ3n) is 2.70. The van der Waals surface area contributed by atoms with Crippen LogP contribution in [-0.4, -0.2) is 23.8 Å². The molecule has 0 fully saturated rings. The van der Waals surface area contributed by atoms with Crippen LogP contribution in [0.15, 0.2) is 0 Å². The molecule has 0 aromatic heterocycles. The molecular formula is C12H26N2O2. The SMILES string of the molecule is CCC(N)(CC)CCNC(=O)OC(C)(C)C. The summed E-state index contributed by atoms with van der Waals surface area (Å²) in [5, 5.41) is 2.72. The van der Waals surface area contributed by atoms with Crippen LogP contribution in [0.3, 0.4) is 0 Å². The zero-order chi connectivity index (χ0) is 12.8. The molecule has 0 saturated heterocycles. The predicted molar refractivity (Wildman–Crippen MR) is 66.4 cm³/mol. The Morgan fingerprint density at radius 3 is 2.12 bits per heavy atom. The van der Waals surface area contributed by atoms with Crippen molar-refractivity contribution in [2.75, 3.05) is 6.54 Å². The Morgan fingerprint density at radius 2 is 1.75 bits per heavy atom. The molecule has 0 atom stereocenters. The van der Waals surface area contributed by atoms with Crippen molar-refractivity contribution in [1.29, 1.82) is 0 Å². The summed E-state index contributed by atoms with van der Waals surface area (Å²) in [6, 6.07) is 0. The fraction of sp³-hybridized carbons (Fsp3) is 0.917. The van der Waals surface area contributed by atoms with Crippen LogP contribution >= 0.6 is 0 Å². The van der Waals surface area contributed by atoms with Crippen LogP contribution in [0.4, 0.5) is 4.79 Å². The molecule has 4 heteroatoms. The van der Waals surface area contributed by atoms with Crippen molar-refractivity contribution in [3.8, 4) is 0 Å². The monoisotopic (exact) mass is 230 g/mol. The van der Waals surface area contributed by atoms with Crippen molar-refractivity contribution in [2.45, 2.75) is 65.0 Å². The highest BCUT2D eigenvalue weighted by atomic mass is 16.6. The highest BCUT2D eigenvalue weighted by Gasteiger charge is 2.21. The first kappa shape index (κ1) is 15.2. The highest BCUT2D eigenvalue weighted by Crippen LogP contribution is 2.15. The van der Waals surface area contributed by atoms with E-state index < -0.39 is 5.60 Å². The van der Waals surface area contributed by atoms with Gasteiger partial charge in [-0.1, -0.05) is 13.8 Å². The third-order valence-corrected chi connectivity index (χ3v) is 2.70. The van der Waals surface area contributed by atoms with Gasteiger partial charge in [-0.3, -0.25) is 0 Å². The minimum absolute atomic E-state index is 0.172. The smallest absolute Gasteiger partial charge is 0.407 e. The van der Waals surface area contributed by atoms with Crippen LogP contribution in [0.1, 0.15) is 53.9 Å². The van der Waals surface area contributed by atoms with Crippen molar-refractivity contribution in [3.63, 3.8) is 0 Å². The van der Waals surface area contributed by atoms with Gasteiger partial charge in [0.2, 0.25) is 0 Å². The molecule has 0 saturated carbocycles.